The lowest BCUT2D eigenvalue weighted by atomic mass is 9.90. The lowest BCUT2D eigenvalue weighted by Gasteiger charge is -2.31. The van der Waals surface area contributed by atoms with Crippen LogP contribution in [0, 0.1) is 11.8 Å². The predicted molar refractivity (Wildman–Crippen MR) is 112 cm³/mol. The first kappa shape index (κ1) is 19.3. The molecule has 2 aromatic carbocycles. The molecule has 3 aromatic rings. The van der Waals surface area contributed by atoms with Crippen LogP contribution >= 0.6 is 0 Å². The molecule has 1 aromatic heterocycles. The summed E-state index contributed by atoms with van der Waals surface area (Å²) in [5, 5.41) is 11.8. The van der Waals surface area contributed by atoms with Gasteiger partial charge in [-0.25, -0.2) is 4.79 Å². The molecule has 2 heterocycles. The fourth-order valence-corrected chi connectivity index (χ4v) is 4.06. The lowest BCUT2D eigenvalue weighted by molar-refractivity contribution is -0.135. The Balaban J connectivity index is 1.75. The number of benzene rings is 2. The van der Waals surface area contributed by atoms with Gasteiger partial charge in [-0.2, -0.15) is 5.06 Å². The maximum atomic E-state index is 13.2. The van der Waals surface area contributed by atoms with Gasteiger partial charge in [0.2, 0.25) is 0 Å². The lowest BCUT2D eigenvalue weighted by Crippen LogP contribution is -2.42. The minimum atomic E-state index is -0.912. The van der Waals surface area contributed by atoms with E-state index >= 15 is 0 Å². The maximum absolute atomic E-state index is 13.2. The van der Waals surface area contributed by atoms with Gasteiger partial charge in [0, 0.05) is 18.4 Å². The molecule has 29 heavy (non-hydrogen) atoms. The summed E-state index contributed by atoms with van der Waals surface area (Å²) in [5.41, 5.74) is 1.95. The Morgan fingerprint density at radius 1 is 1.10 bits per heavy atom. The summed E-state index contributed by atoms with van der Waals surface area (Å²) >= 11 is 0. The van der Waals surface area contributed by atoms with Crippen molar-refractivity contribution in [3.05, 3.63) is 71.9 Å². The van der Waals surface area contributed by atoms with E-state index in [-0.39, 0.29) is 12.6 Å². The number of hydrogen-bond acceptors (Lipinski definition) is 3. The first-order valence-corrected chi connectivity index (χ1v) is 9.86. The second-order valence-corrected chi connectivity index (χ2v) is 7.16. The van der Waals surface area contributed by atoms with Crippen molar-refractivity contribution >= 4 is 16.9 Å². The molecule has 5 nitrogen and oxygen atoms in total. The Hall–Kier alpha value is -3.07. The molecule has 1 atom stereocenters. The van der Waals surface area contributed by atoms with E-state index < -0.39 is 5.54 Å². The molecular formula is C24H24N2O3. The van der Waals surface area contributed by atoms with E-state index in [4.69, 9.17) is 4.84 Å². The van der Waals surface area contributed by atoms with Crippen LogP contribution in [0.2, 0.25) is 0 Å². The van der Waals surface area contributed by atoms with Crippen LogP contribution < -0.4 is 0 Å². The summed E-state index contributed by atoms with van der Waals surface area (Å²) in [6.45, 7) is 0.0272. The molecule has 148 valence electrons. The van der Waals surface area contributed by atoms with Crippen LogP contribution in [0.4, 0.5) is 4.79 Å². The normalized spacial score (nSPS) is 18.0. The number of hydrogen-bond donors (Lipinski definition) is 1. The van der Waals surface area contributed by atoms with E-state index in [1.54, 1.807) is 4.57 Å². The number of carbonyl (C=O) groups excluding carboxylic acids is 1. The molecule has 0 saturated heterocycles. The maximum Gasteiger partial charge on any atom is 0.354 e. The molecule has 0 aliphatic carbocycles. The Morgan fingerprint density at radius 3 is 2.62 bits per heavy atom. The molecule has 0 saturated carbocycles. The molecule has 5 heteroatoms. The van der Waals surface area contributed by atoms with E-state index in [0.717, 1.165) is 23.0 Å². The van der Waals surface area contributed by atoms with Crippen LogP contribution in [-0.4, -0.2) is 34.5 Å². The second-order valence-electron chi connectivity index (χ2n) is 7.16. The molecule has 1 aliphatic heterocycles. The fourth-order valence-electron chi connectivity index (χ4n) is 4.06. The Morgan fingerprint density at radius 2 is 1.86 bits per heavy atom. The second kappa shape index (κ2) is 8.12. The Bertz CT molecular complexity index is 1080. The van der Waals surface area contributed by atoms with E-state index in [9.17, 15) is 9.90 Å². The highest BCUT2D eigenvalue weighted by molar-refractivity contribution is 5.96. The zero-order valence-electron chi connectivity index (χ0n) is 16.5. The summed E-state index contributed by atoms with van der Waals surface area (Å²) in [5.74, 6) is 6.62. The third-order valence-electron chi connectivity index (χ3n) is 5.40. The Kier molecular flexibility index (Phi) is 5.39. The number of aliphatic hydroxyl groups is 1. The number of hydroxylamine groups is 2. The summed E-state index contributed by atoms with van der Waals surface area (Å²) in [6.07, 6.45) is 2.53. The number of nitrogens with zero attached hydrogens (tertiary/aromatic N) is 2. The molecule has 4 rings (SSSR count). The van der Waals surface area contributed by atoms with Gasteiger partial charge >= 0.3 is 6.03 Å². The molecule has 1 amide bonds. The molecule has 0 bridgehead atoms. The Labute approximate surface area is 170 Å². The molecule has 0 fully saturated rings. The average Bonchev–Trinajstić information content (AvgIpc) is 3.25. The van der Waals surface area contributed by atoms with E-state index in [1.807, 2.05) is 48.5 Å². The van der Waals surface area contributed by atoms with Crippen LogP contribution in [-0.2, 0) is 16.8 Å². The number of aliphatic hydroxyl groups excluding tert-OH is 1. The zero-order chi connectivity index (χ0) is 20.3. The highest BCUT2D eigenvalue weighted by Crippen LogP contribution is 2.42. The number of carbonyl (C=O) groups is 1. The van der Waals surface area contributed by atoms with E-state index in [1.165, 1.54) is 17.7 Å². The third-order valence-corrected chi connectivity index (χ3v) is 5.40. The molecule has 0 spiro atoms. The van der Waals surface area contributed by atoms with Gasteiger partial charge in [0.1, 0.15) is 0 Å². The van der Waals surface area contributed by atoms with Crippen molar-refractivity contribution in [1.82, 2.24) is 9.63 Å². The van der Waals surface area contributed by atoms with Gasteiger partial charge in [-0.15, -0.1) is 0 Å². The number of rotatable bonds is 6. The third kappa shape index (κ3) is 3.31. The summed E-state index contributed by atoms with van der Waals surface area (Å²) in [7, 11) is 1.49. The smallest absolute Gasteiger partial charge is 0.354 e. The minimum absolute atomic E-state index is 0.0272. The van der Waals surface area contributed by atoms with Crippen molar-refractivity contribution in [3.8, 4) is 11.8 Å². The van der Waals surface area contributed by atoms with Gasteiger partial charge in [-0.3, -0.25) is 9.40 Å². The summed E-state index contributed by atoms with van der Waals surface area (Å²) in [4.78, 5) is 18.7. The number of aromatic nitrogens is 1. The molecule has 1 N–H and O–H groups in total. The van der Waals surface area contributed by atoms with Crippen LogP contribution in [0.25, 0.3) is 10.9 Å². The van der Waals surface area contributed by atoms with E-state index in [2.05, 4.69) is 24.0 Å². The summed E-state index contributed by atoms with van der Waals surface area (Å²) in [6, 6.07) is 19.8. The first-order chi connectivity index (χ1) is 14.2. The van der Waals surface area contributed by atoms with Gasteiger partial charge < -0.3 is 5.11 Å². The molecule has 0 radical (unpaired) electrons. The predicted octanol–water partition coefficient (Wildman–Crippen LogP) is 4.09. The highest BCUT2D eigenvalue weighted by Gasteiger charge is 2.50. The van der Waals surface area contributed by atoms with Gasteiger partial charge in [-0.05, 0) is 37.0 Å². The van der Waals surface area contributed by atoms with Crippen molar-refractivity contribution in [2.45, 2.75) is 31.2 Å². The van der Waals surface area contributed by atoms with Crippen molar-refractivity contribution < 1.29 is 14.7 Å². The fraction of sp³-hybridized carbons (Fsp3) is 0.292. The number of amides is 1. The van der Waals surface area contributed by atoms with Crippen LogP contribution in [0.1, 0.15) is 30.5 Å². The van der Waals surface area contributed by atoms with Crippen LogP contribution in [0.15, 0.2) is 60.7 Å². The zero-order valence-corrected chi connectivity index (χ0v) is 16.5. The SMILES string of the molecule is CON1C(=O)n2c(cc3ccccc32)C1(C#CCCc1ccccc1)CCCO. The summed E-state index contributed by atoms with van der Waals surface area (Å²) < 4.78 is 1.68. The van der Waals surface area contributed by atoms with Crippen molar-refractivity contribution in [1.29, 1.82) is 0 Å². The van der Waals surface area contributed by atoms with Crippen LogP contribution in [0.3, 0.4) is 0 Å². The van der Waals surface area contributed by atoms with Gasteiger partial charge in [0.25, 0.3) is 0 Å². The number of aryl methyl sites for hydroxylation is 1. The van der Waals surface area contributed by atoms with Crippen molar-refractivity contribution in [2.75, 3.05) is 13.7 Å². The van der Waals surface area contributed by atoms with Crippen LogP contribution in [0.5, 0.6) is 0 Å². The van der Waals surface area contributed by atoms with Gasteiger partial charge in [-0.1, -0.05) is 60.4 Å². The molecule has 1 aliphatic rings. The van der Waals surface area contributed by atoms with Gasteiger partial charge in [0.05, 0.1) is 18.3 Å². The average molecular weight is 388 g/mol. The number of para-hydroxylation sites is 1. The number of fused-ring (bicyclic) bond motifs is 3. The largest absolute Gasteiger partial charge is 0.396 e. The van der Waals surface area contributed by atoms with Crippen molar-refractivity contribution in [2.24, 2.45) is 0 Å². The standard InChI is InChI=1S/C24H24N2O3/c1-29-26-23(28)25-21-14-6-5-13-20(21)18-22(25)24(26,16-9-17-27)15-8-7-12-19-10-3-2-4-11-19/h2-6,10-11,13-14,18,27H,7,9,12,16-17H2,1H3. The first-order valence-electron chi connectivity index (χ1n) is 9.86. The highest BCUT2D eigenvalue weighted by atomic mass is 16.7. The van der Waals surface area contributed by atoms with Gasteiger partial charge in [0.15, 0.2) is 5.54 Å². The molecule has 1 unspecified atom stereocenters. The molecular weight excluding hydrogens is 364 g/mol. The van der Waals surface area contributed by atoms with E-state index in [0.29, 0.717) is 19.3 Å². The monoisotopic (exact) mass is 388 g/mol. The topological polar surface area (TPSA) is 54.7 Å². The minimum Gasteiger partial charge on any atom is -0.396 e. The quantitative estimate of drug-likeness (QED) is 0.647. The van der Waals surface area contributed by atoms with Crippen molar-refractivity contribution in [3.63, 3.8) is 0 Å².